The molecule has 0 rings (SSSR count). The van der Waals surface area contributed by atoms with Crippen molar-refractivity contribution in [1.82, 2.24) is 0 Å². The summed E-state index contributed by atoms with van der Waals surface area (Å²) in [5, 5.41) is 0. The minimum atomic E-state index is -4.19. The second-order valence-corrected chi connectivity index (χ2v) is 21.8. The Kier molecular flexibility index (Phi) is 50.2. The average molecular weight is 899 g/mol. The Labute approximate surface area is 298 Å². The Morgan fingerprint density at radius 1 is 0.333 bits per heavy atom. The third-order valence-electron chi connectivity index (χ3n) is 3.98. The predicted molar refractivity (Wildman–Crippen MR) is 172 cm³/mol. The van der Waals surface area contributed by atoms with Gasteiger partial charge in [-0.3, -0.25) is 27.4 Å². The van der Waals surface area contributed by atoms with Crippen LogP contribution in [-0.2, 0) is 99.0 Å². The summed E-state index contributed by atoms with van der Waals surface area (Å²) in [6.07, 6.45) is 0. The van der Waals surface area contributed by atoms with Crippen molar-refractivity contribution in [1.29, 1.82) is 0 Å². The topological polar surface area (TPSA) is 297 Å². The molecule has 0 aliphatic heterocycles. The summed E-state index contributed by atoms with van der Waals surface area (Å²) < 4.78 is 146. The van der Waals surface area contributed by atoms with Crippen LogP contribution in [0.25, 0.3) is 0 Å². The maximum atomic E-state index is 10.5. The van der Waals surface area contributed by atoms with E-state index in [1.54, 1.807) is 0 Å². The van der Waals surface area contributed by atoms with Crippen LogP contribution in [-0.4, -0.2) is 139 Å². The Bertz CT molecular complexity index is 774. The molecule has 3 N–H and O–H groups in total. The number of rotatable bonds is 12. The third kappa shape index (κ3) is 73.1. The van der Waals surface area contributed by atoms with E-state index < -0.39 is 55.8 Å². The van der Waals surface area contributed by atoms with Crippen LogP contribution in [0, 0.1) is 10.2 Å². The van der Waals surface area contributed by atoms with Gasteiger partial charge < -0.3 is 54.3 Å². The number of hydrogen-bond acceptors (Lipinski definition) is 22. The van der Waals surface area contributed by atoms with Crippen LogP contribution in [0.5, 0.6) is 0 Å². The molecule has 0 saturated carbocycles. The normalized spacial score (nSPS) is 12.0. The molecule has 0 aliphatic carbocycles. The summed E-state index contributed by atoms with van der Waals surface area (Å²) in [6.45, 7) is 8.46. The van der Waals surface area contributed by atoms with E-state index in [0.29, 0.717) is 0 Å². The predicted octanol–water partition coefficient (Wildman–Crippen LogP) is 3.75. The molecule has 0 amide bonds. The zero-order chi connectivity index (χ0) is 40.0. The van der Waals surface area contributed by atoms with Crippen LogP contribution in [0.1, 0.15) is 0 Å². The van der Waals surface area contributed by atoms with Gasteiger partial charge in [0.2, 0.25) is 0 Å². The van der Waals surface area contributed by atoms with Crippen molar-refractivity contribution >= 4 is 45.6 Å². The molecule has 0 bridgehead atoms. The molecule has 0 saturated heterocycles. The summed E-state index contributed by atoms with van der Waals surface area (Å²) >= 11 is 0. The molecule has 301 valence electrons. The van der Waals surface area contributed by atoms with Crippen molar-refractivity contribution in [3.8, 4) is 0 Å². The molecule has 22 nitrogen and oxygen atoms in total. The molecule has 0 atom stereocenters. The first-order valence-corrected chi connectivity index (χ1v) is 24.8. The van der Waals surface area contributed by atoms with Crippen molar-refractivity contribution in [2.45, 2.75) is 0 Å². The Morgan fingerprint density at radius 2 is 0.375 bits per heavy atom. The zero-order valence-corrected chi connectivity index (χ0v) is 38.0. The van der Waals surface area contributed by atoms with Crippen molar-refractivity contribution in [3.63, 3.8) is 0 Å². The van der Waals surface area contributed by atoms with Gasteiger partial charge in [-0.25, -0.2) is 0 Å². The molecule has 0 aliphatic rings. The number of hydrogen-bond donors (Lipinski definition) is 3. The van der Waals surface area contributed by atoms with Gasteiger partial charge in [-0.2, -0.15) is 0 Å². The van der Waals surface area contributed by atoms with Crippen LogP contribution in [0.4, 0.5) is 0 Å². The molecular formula is C18H57ClCrO22P6+3. The Morgan fingerprint density at radius 3 is 0.375 bits per heavy atom. The molecule has 0 unspecified atom stereocenters. The van der Waals surface area contributed by atoms with E-state index in [0.717, 1.165) is 0 Å². The van der Waals surface area contributed by atoms with E-state index in [1.165, 1.54) is 125 Å². The summed E-state index contributed by atoms with van der Waals surface area (Å²) in [6, 6.07) is 0. The summed E-state index contributed by atoms with van der Waals surface area (Å²) in [5.41, 5.74) is 0. The summed E-state index contributed by atoms with van der Waals surface area (Å²) in [5.74, 6) is 0. The molecule has 0 heterocycles. The first kappa shape index (κ1) is 67.7. The quantitative estimate of drug-likeness (QED) is 0.235. The van der Waals surface area contributed by atoms with Crippen LogP contribution >= 0.6 is 45.6 Å². The van der Waals surface area contributed by atoms with Gasteiger partial charge in [0.25, 0.3) is 0 Å². The molecule has 30 heteroatoms. The molecule has 1 radical (unpaired) electrons. The van der Waals surface area contributed by atoms with Gasteiger partial charge >= 0.3 is 91.8 Å². The molecule has 48 heavy (non-hydrogen) atoms. The Hall–Kier alpha value is 1.56. The van der Waals surface area contributed by atoms with Crippen LogP contribution in [0.2, 0.25) is 0 Å². The standard InChI is InChI=1S/6C3H9O3P.ClH3O4.Cr/c6*1-5-7(3,4)6-2;2-1(3,4)5;/h6*1-3H3;2-4H;/q;;;;;;;+3. The first-order chi connectivity index (χ1) is 20.7. The van der Waals surface area contributed by atoms with E-state index >= 15 is 0 Å². The van der Waals surface area contributed by atoms with E-state index in [-0.39, 0.29) is 17.4 Å². The second kappa shape index (κ2) is 35.6. The fraction of sp³-hybridized carbons (Fsp3) is 1.00. The van der Waals surface area contributed by atoms with Crippen LogP contribution in [0.15, 0.2) is 0 Å². The van der Waals surface area contributed by atoms with Gasteiger partial charge in [-0.1, -0.05) is 0 Å². The molecule has 0 aromatic carbocycles. The van der Waals surface area contributed by atoms with Crippen molar-refractivity contribution < 1.29 is 128 Å². The molecular weight excluding hydrogens is 841 g/mol. The monoisotopic (exact) mass is 898 g/mol. The average Bonchev–Trinajstić information content (AvgIpc) is 3.01. The van der Waals surface area contributed by atoms with Gasteiger partial charge in [0.1, 0.15) is 0 Å². The summed E-state index contributed by atoms with van der Waals surface area (Å²) in [4.78, 5) is 0. The number of halogens is 1. The van der Waals surface area contributed by atoms with E-state index in [9.17, 15) is 27.4 Å². The van der Waals surface area contributed by atoms with Crippen molar-refractivity contribution in [2.24, 2.45) is 0 Å². The van der Waals surface area contributed by atoms with E-state index in [4.69, 9.17) is 18.6 Å². The van der Waals surface area contributed by atoms with Crippen molar-refractivity contribution in [2.75, 3.05) is 125 Å². The zero-order valence-electron chi connectivity index (χ0n) is 30.6. The van der Waals surface area contributed by atoms with Crippen molar-refractivity contribution in [3.05, 3.63) is 0 Å². The Balaban J connectivity index is -0.0000000647. The van der Waals surface area contributed by atoms with Gasteiger partial charge in [0, 0.05) is 125 Å². The summed E-state index contributed by atoms with van der Waals surface area (Å²) in [7, 11) is -3.90. The van der Waals surface area contributed by atoms with Gasteiger partial charge in [-0.05, 0) is 0 Å². The van der Waals surface area contributed by atoms with Gasteiger partial charge in [0.15, 0.2) is 0 Å². The molecule has 0 aromatic rings. The van der Waals surface area contributed by atoms with Crippen LogP contribution in [0.3, 0.4) is 0 Å². The molecule has 0 spiro atoms. The maximum absolute atomic E-state index is 10.5. The fourth-order valence-corrected chi connectivity index (χ4v) is 1.34. The van der Waals surface area contributed by atoms with E-state index in [1.807, 2.05) is 0 Å². The first-order valence-electron chi connectivity index (χ1n) is 11.5. The van der Waals surface area contributed by atoms with Gasteiger partial charge in [-0.15, -0.1) is 0 Å². The van der Waals surface area contributed by atoms with Crippen LogP contribution < -0.4 is 4.66 Å². The molecule has 0 fully saturated rings. The van der Waals surface area contributed by atoms with E-state index in [2.05, 4.69) is 54.3 Å². The van der Waals surface area contributed by atoms with Gasteiger partial charge in [0.05, 0.1) is 0 Å². The minimum absolute atomic E-state index is 0. The second-order valence-electron chi connectivity index (χ2n) is 7.25. The fourth-order valence-electron chi connectivity index (χ4n) is 0.447. The third-order valence-corrected chi connectivity index (χ3v) is 11.9. The molecule has 0 aromatic heterocycles. The SMILES string of the molecule is COP(C)(=O)OC.COP(C)(=O)OC.COP(C)(=O)OC.COP(C)(=O)OC.COP(C)(=O)OC.COP(C)(=O)OC.[Cr+3].[O-][Cl+](O)(O)O.